The molecular formula is C14H21N3O2. The van der Waals surface area contributed by atoms with Gasteiger partial charge in [-0.2, -0.15) is 10.2 Å². The highest BCUT2D eigenvalue weighted by Crippen LogP contribution is 2.38. The van der Waals surface area contributed by atoms with Gasteiger partial charge in [0.2, 0.25) is 0 Å². The molecule has 1 aromatic heterocycles. The number of carbonyl (C=O) groups excluding carboxylic acids is 1. The maximum Gasteiger partial charge on any atom is 0.252 e. The molecule has 2 rings (SSSR count). The highest BCUT2D eigenvalue weighted by Gasteiger charge is 2.31. The molecule has 2 N–H and O–H groups in total. The van der Waals surface area contributed by atoms with Gasteiger partial charge in [-0.3, -0.25) is 4.79 Å². The van der Waals surface area contributed by atoms with Crippen LogP contribution >= 0.6 is 0 Å². The summed E-state index contributed by atoms with van der Waals surface area (Å²) in [6, 6.07) is 1.65. The van der Waals surface area contributed by atoms with E-state index in [4.69, 9.17) is 0 Å². The van der Waals surface area contributed by atoms with Crippen LogP contribution in [0.4, 0.5) is 0 Å². The second kappa shape index (κ2) is 6.61. The molecule has 0 aromatic carbocycles. The zero-order valence-electron chi connectivity index (χ0n) is 11.1. The zero-order valence-corrected chi connectivity index (χ0v) is 11.1. The first-order valence-corrected chi connectivity index (χ1v) is 6.92. The smallest absolute Gasteiger partial charge is 0.252 e. The fraction of sp³-hybridized carbons (Fsp3) is 0.643. The summed E-state index contributed by atoms with van der Waals surface area (Å²) in [7, 11) is 0. The van der Waals surface area contributed by atoms with E-state index >= 15 is 0 Å². The van der Waals surface area contributed by atoms with Crippen LogP contribution in [0, 0.1) is 5.41 Å². The van der Waals surface area contributed by atoms with Gasteiger partial charge in [0.05, 0.1) is 18.0 Å². The van der Waals surface area contributed by atoms with Crippen molar-refractivity contribution < 1.29 is 9.90 Å². The van der Waals surface area contributed by atoms with Crippen molar-refractivity contribution in [2.45, 2.75) is 38.5 Å². The Hall–Kier alpha value is -1.49. The number of nitrogens with one attached hydrogen (secondary N) is 1. The summed E-state index contributed by atoms with van der Waals surface area (Å²) in [4.78, 5) is 12.0. The first-order valence-electron chi connectivity index (χ1n) is 6.92. The largest absolute Gasteiger partial charge is 0.396 e. The van der Waals surface area contributed by atoms with Crippen LogP contribution < -0.4 is 5.32 Å². The monoisotopic (exact) mass is 263 g/mol. The highest BCUT2D eigenvalue weighted by molar-refractivity contribution is 5.93. The number of hydrogen-bond donors (Lipinski definition) is 2. The van der Waals surface area contributed by atoms with Crippen molar-refractivity contribution in [2.24, 2.45) is 5.41 Å². The Balaban J connectivity index is 1.93. The van der Waals surface area contributed by atoms with E-state index in [9.17, 15) is 9.90 Å². The second-order valence-electron chi connectivity index (χ2n) is 5.35. The van der Waals surface area contributed by atoms with E-state index in [1.54, 1.807) is 6.07 Å². The first kappa shape index (κ1) is 13.9. The molecule has 1 aliphatic rings. The van der Waals surface area contributed by atoms with Gasteiger partial charge in [-0.05, 0) is 30.7 Å². The third-order valence-electron chi connectivity index (χ3n) is 4.03. The van der Waals surface area contributed by atoms with Crippen molar-refractivity contribution in [1.29, 1.82) is 0 Å². The van der Waals surface area contributed by atoms with Crippen LogP contribution in [0.2, 0.25) is 0 Å². The number of aliphatic hydroxyl groups excluding tert-OH is 1. The molecule has 1 aliphatic carbocycles. The maximum atomic E-state index is 12.0. The van der Waals surface area contributed by atoms with Gasteiger partial charge in [0, 0.05) is 13.2 Å². The van der Waals surface area contributed by atoms with Crippen molar-refractivity contribution in [3.8, 4) is 0 Å². The summed E-state index contributed by atoms with van der Waals surface area (Å²) in [5.41, 5.74) is 0.605. The third-order valence-corrected chi connectivity index (χ3v) is 4.03. The molecule has 0 spiro atoms. The molecule has 0 bridgehead atoms. The van der Waals surface area contributed by atoms with Crippen molar-refractivity contribution in [1.82, 2.24) is 15.5 Å². The summed E-state index contributed by atoms with van der Waals surface area (Å²) < 4.78 is 0. The Kier molecular flexibility index (Phi) is 4.85. The second-order valence-corrected chi connectivity index (χ2v) is 5.35. The van der Waals surface area contributed by atoms with Crippen molar-refractivity contribution >= 4 is 5.91 Å². The lowest BCUT2D eigenvalue weighted by atomic mass is 9.72. The Bertz CT molecular complexity index is 397. The molecule has 19 heavy (non-hydrogen) atoms. The van der Waals surface area contributed by atoms with Gasteiger partial charge in [0.1, 0.15) is 0 Å². The molecule has 1 amide bonds. The Morgan fingerprint density at radius 3 is 2.74 bits per heavy atom. The Morgan fingerprint density at radius 2 is 2.11 bits per heavy atom. The van der Waals surface area contributed by atoms with E-state index in [0.717, 1.165) is 19.3 Å². The minimum absolute atomic E-state index is 0.0725. The molecule has 104 valence electrons. The fourth-order valence-corrected chi connectivity index (χ4v) is 2.85. The summed E-state index contributed by atoms with van der Waals surface area (Å²) in [6.45, 7) is 0.821. The number of rotatable bonds is 5. The SMILES string of the molecule is O=C(NCC1(CCO)CCCCC1)c1ccnnc1. The lowest BCUT2D eigenvalue weighted by Crippen LogP contribution is -2.39. The van der Waals surface area contributed by atoms with E-state index in [2.05, 4.69) is 15.5 Å². The van der Waals surface area contributed by atoms with Gasteiger partial charge < -0.3 is 10.4 Å². The number of amides is 1. The van der Waals surface area contributed by atoms with Crippen LogP contribution in [0.15, 0.2) is 18.5 Å². The standard InChI is InChI=1S/C14H21N3O2/c18-9-7-14(5-2-1-3-6-14)11-15-13(19)12-4-8-16-17-10-12/h4,8,10,18H,1-3,5-7,9,11H2,(H,15,19). The van der Waals surface area contributed by atoms with E-state index in [0.29, 0.717) is 12.1 Å². The van der Waals surface area contributed by atoms with Gasteiger partial charge in [-0.1, -0.05) is 19.3 Å². The quantitative estimate of drug-likeness (QED) is 0.845. The molecule has 0 unspecified atom stereocenters. The highest BCUT2D eigenvalue weighted by atomic mass is 16.3. The molecule has 1 aromatic rings. The number of hydrogen-bond acceptors (Lipinski definition) is 4. The molecule has 5 nitrogen and oxygen atoms in total. The van der Waals surface area contributed by atoms with Crippen LogP contribution in [0.1, 0.15) is 48.9 Å². The molecule has 0 aliphatic heterocycles. The molecule has 1 saturated carbocycles. The van der Waals surface area contributed by atoms with Crippen LogP contribution in [0.25, 0.3) is 0 Å². The normalized spacial score (nSPS) is 17.9. The van der Waals surface area contributed by atoms with E-state index in [1.807, 2.05) is 0 Å². The molecule has 5 heteroatoms. The molecule has 0 radical (unpaired) electrons. The minimum atomic E-state index is -0.113. The van der Waals surface area contributed by atoms with E-state index < -0.39 is 0 Å². The van der Waals surface area contributed by atoms with Gasteiger partial charge in [-0.15, -0.1) is 0 Å². The lowest BCUT2D eigenvalue weighted by molar-refractivity contribution is 0.0868. The molecular weight excluding hydrogens is 242 g/mol. The van der Waals surface area contributed by atoms with Crippen LogP contribution in [0.3, 0.4) is 0 Å². The summed E-state index contributed by atoms with van der Waals surface area (Å²) in [6.07, 6.45) is 9.55. The van der Waals surface area contributed by atoms with Crippen LogP contribution in [-0.4, -0.2) is 34.4 Å². The van der Waals surface area contributed by atoms with Crippen LogP contribution in [0.5, 0.6) is 0 Å². The van der Waals surface area contributed by atoms with Crippen molar-refractivity contribution in [3.05, 3.63) is 24.0 Å². The predicted molar refractivity (Wildman–Crippen MR) is 71.6 cm³/mol. The Labute approximate surface area is 113 Å². The minimum Gasteiger partial charge on any atom is -0.396 e. The topological polar surface area (TPSA) is 75.1 Å². The zero-order chi connectivity index (χ0) is 13.6. The summed E-state index contributed by atoms with van der Waals surface area (Å²) in [5.74, 6) is -0.113. The van der Waals surface area contributed by atoms with Crippen LogP contribution in [-0.2, 0) is 0 Å². The summed E-state index contributed by atoms with van der Waals surface area (Å²) >= 11 is 0. The number of nitrogens with zero attached hydrogens (tertiary/aromatic N) is 2. The van der Waals surface area contributed by atoms with Gasteiger partial charge in [-0.25, -0.2) is 0 Å². The third kappa shape index (κ3) is 3.73. The van der Waals surface area contributed by atoms with Gasteiger partial charge in [0.25, 0.3) is 5.91 Å². The average molecular weight is 263 g/mol. The number of carbonyl (C=O) groups is 1. The summed E-state index contributed by atoms with van der Waals surface area (Å²) in [5, 5.41) is 19.6. The lowest BCUT2D eigenvalue weighted by Gasteiger charge is -2.37. The molecule has 1 heterocycles. The van der Waals surface area contributed by atoms with Gasteiger partial charge in [0.15, 0.2) is 0 Å². The molecule has 0 saturated heterocycles. The number of aromatic nitrogens is 2. The Morgan fingerprint density at radius 1 is 1.32 bits per heavy atom. The van der Waals surface area contributed by atoms with E-state index in [1.165, 1.54) is 31.7 Å². The fourth-order valence-electron chi connectivity index (χ4n) is 2.85. The van der Waals surface area contributed by atoms with Gasteiger partial charge >= 0.3 is 0 Å². The average Bonchev–Trinajstić information content (AvgIpc) is 2.47. The molecule has 0 atom stereocenters. The van der Waals surface area contributed by atoms with E-state index in [-0.39, 0.29) is 17.9 Å². The first-order chi connectivity index (χ1) is 9.26. The predicted octanol–water partition coefficient (Wildman–Crippen LogP) is 1.54. The van der Waals surface area contributed by atoms with Crippen molar-refractivity contribution in [3.63, 3.8) is 0 Å². The molecule has 1 fully saturated rings. The number of aliphatic hydroxyl groups is 1. The van der Waals surface area contributed by atoms with Crippen molar-refractivity contribution in [2.75, 3.05) is 13.2 Å². The maximum absolute atomic E-state index is 12.0.